The minimum atomic E-state index is -2.87. The van der Waals surface area contributed by atoms with Gasteiger partial charge in [-0.2, -0.15) is 0 Å². The molecule has 0 spiro atoms. The fourth-order valence-corrected chi connectivity index (χ4v) is 5.41. The van der Waals surface area contributed by atoms with Crippen molar-refractivity contribution < 1.29 is 22.5 Å². The van der Waals surface area contributed by atoms with Crippen molar-refractivity contribution in [1.29, 1.82) is 0 Å². The molecule has 0 radical (unpaired) electrons. The molecule has 3 aromatic heterocycles. The SMILES string of the molecule is CC(C)(C)c1cc(NC(=O)Nc2ccc3nc(C#Cc4ccc(OCCN5CCS(=O)(=O)CC5)cc4)cn3c2)no1. The van der Waals surface area contributed by atoms with Crippen LogP contribution in [0, 0.1) is 11.8 Å². The first-order valence-electron chi connectivity index (χ1n) is 13.2. The second-order valence-corrected chi connectivity index (χ2v) is 13.1. The summed E-state index contributed by atoms with van der Waals surface area (Å²) in [4.78, 5) is 19.1. The molecule has 12 heteroatoms. The number of hydrogen-bond acceptors (Lipinski definition) is 8. The average Bonchev–Trinajstić information content (AvgIpc) is 3.56. The molecule has 214 valence electrons. The Bertz CT molecular complexity index is 1690. The van der Waals surface area contributed by atoms with Gasteiger partial charge in [-0.1, -0.05) is 31.8 Å². The van der Waals surface area contributed by atoms with Gasteiger partial charge >= 0.3 is 6.03 Å². The van der Waals surface area contributed by atoms with Crippen molar-refractivity contribution in [2.45, 2.75) is 26.2 Å². The molecule has 41 heavy (non-hydrogen) atoms. The molecule has 2 amide bonds. The van der Waals surface area contributed by atoms with Gasteiger partial charge < -0.3 is 19.0 Å². The number of aromatic nitrogens is 3. The topological polar surface area (TPSA) is 131 Å². The van der Waals surface area contributed by atoms with Crippen LogP contribution < -0.4 is 15.4 Å². The molecule has 4 heterocycles. The highest BCUT2D eigenvalue weighted by molar-refractivity contribution is 7.91. The largest absolute Gasteiger partial charge is 0.492 e. The van der Waals surface area contributed by atoms with Crippen LogP contribution in [-0.2, 0) is 15.3 Å². The van der Waals surface area contributed by atoms with Crippen molar-refractivity contribution in [3.8, 4) is 17.6 Å². The van der Waals surface area contributed by atoms with Crippen LogP contribution in [0.25, 0.3) is 5.65 Å². The van der Waals surface area contributed by atoms with Gasteiger partial charge in [-0.05, 0) is 42.3 Å². The van der Waals surface area contributed by atoms with E-state index in [0.29, 0.717) is 54.8 Å². The highest BCUT2D eigenvalue weighted by atomic mass is 32.2. The Morgan fingerprint density at radius 1 is 1.05 bits per heavy atom. The van der Waals surface area contributed by atoms with E-state index >= 15 is 0 Å². The lowest BCUT2D eigenvalue weighted by molar-refractivity contribution is 0.219. The van der Waals surface area contributed by atoms with E-state index in [2.05, 4.69) is 37.5 Å². The Labute approximate surface area is 238 Å². The van der Waals surface area contributed by atoms with Crippen molar-refractivity contribution in [3.05, 3.63) is 71.9 Å². The molecule has 11 nitrogen and oxygen atoms in total. The number of fused-ring (bicyclic) bond motifs is 1. The van der Waals surface area contributed by atoms with Crippen molar-refractivity contribution in [3.63, 3.8) is 0 Å². The van der Waals surface area contributed by atoms with Gasteiger partial charge in [0.2, 0.25) is 0 Å². The molecule has 0 bridgehead atoms. The van der Waals surface area contributed by atoms with E-state index in [1.54, 1.807) is 35.0 Å². The fourth-order valence-electron chi connectivity index (χ4n) is 4.13. The Morgan fingerprint density at radius 2 is 1.80 bits per heavy atom. The van der Waals surface area contributed by atoms with Crippen LogP contribution in [0.1, 0.15) is 37.8 Å². The zero-order valence-corrected chi connectivity index (χ0v) is 24.0. The predicted octanol–water partition coefficient (Wildman–Crippen LogP) is 3.77. The van der Waals surface area contributed by atoms with E-state index in [-0.39, 0.29) is 16.9 Å². The summed E-state index contributed by atoms with van der Waals surface area (Å²) in [6, 6.07) is 12.3. The van der Waals surface area contributed by atoms with Gasteiger partial charge in [0.05, 0.1) is 17.2 Å². The van der Waals surface area contributed by atoms with E-state index < -0.39 is 15.9 Å². The van der Waals surface area contributed by atoms with E-state index in [1.807, 2.05) is 45.0 Å². The van der Waals surface area contributed by atoms with Crippen LogP contribution in [0.4, 0.5) is 16.3 Å². The number of carbonyl (C=O) groups is 1. The number of ether oxygens (including phenoxy) is 1. The van der Waals surface area contributed by atoms with Crippen LogP contribution in [0.2, 0.25) is 0 Å². The first-order valence-corrected chi connectivity index (χ1v) is 15.1. The summed E-state index contributed by atoms with van der Waals surface area (Å²) in [5.41, 5.74) is 2.47. The normalized spacial score (nSPS) is 15.2. The molecule has 1 aliphatic heterocycles. The van der Waals surface area contributed by atoms with Crippen LogP contribution in [0.3, 0.4) is 0 Å². The number of nitrogens with zero attached hydrogens (tertiary/aromatic N) is 4. The third kappa shape index (κ3) is 7.65. The van der Waals surface area contributed by atoms with Gasteiger partial charge in [0.1, 0.15) is 29.5 Å². The van der Waals surface area contributed by atoms with Gasteiger partial charge in [0.25, 0.3) is 0 Å². The van der Waals surface area contributed by atoms with Crippen LogP contribution >= 0.6 is 0 Å². The number of anilines is 2. The van der Waals surface area contributed by atoms with Crippen LogP contribution in [0.5, 0.6) is 5.75 Å². The number of imidazole rings is 1. The van der Waals surface area contributed by atoms with Crippen molar-refractivity contribution in [2.75, 3.05) is 48.4 Å². The molecule has 0 atom stereocenters. The number of pyridine rings is 1. The molecule has 0 saturated carbocycles. The quantitative estimate of drug-likeness (QED) is 0.332. The molecule has 5 rings (SSSR count). The Morgan fingerprint density at radius 3 is 2.51 bits per heavy atom. The molecular formula is C29H32N6O5S. The maximum atomic E-state index is 12.4. The molecular weight excluding hydrogens is 544 g/mol. The number of amides is 2. The molecule has 1 saturated heterocycles. The van der Waals surface area contributed by atoms with E-state index in [9.17, 15) is 13.2 Å². The van der Waals surface area contributed by atoms with Crippen molar-refractivity contribution in [1.82, 2.24) is 19.4 Å². The lowest BCUT2D eigenvalue weighted by Gasteiger charge is -2.26. The zero-order chi connectivity index (χ0) is 29.0. The number of carbonyl (C=O) groups excluding carboxylic acids is 1. The number of sulfone groups is 1. The number of nitrogens with one attached hydrogen (secondary N) is 2. The lowest BCUT2D eigenvalue weighted by atomic mass is 9.93. The van der Waals surface area contributed by atoms with Gasteiger partial charge in [-0.3, -0.25) is 10.2 Å². The lowest BCUT2D eigenvalue weighted by Crippen LogP contribution is -2.42. The number of rotatable bonds is 6. The summed E-state index contributed by atoms with van der Waals surface area (Å²) in [7, 11) is -2.87. The minimum Gasteiger partial charge on any atom is -0.492 e. The number of benzene rings is 1. The molecule has 0 unspecified atom stereocenters. The molecule has 1 fully saturated rings. The van der Waals surface area contributed by atoms with Crippen molar-refractivity contribution in [2.24, 2.45) is 0 Å². The standard InChI is InChI=1S/C29H32N6O5S/c1-29(2,3)25-18-26(33-40-25)32-28(36)31-23-8-11-27-30-22(19-35(27)20-23)7-4-21-5-9-24(10-6-21)39-15-12-34-13-16-41(37,38)17-14-34/h5-6,8-11,18-20H,12-17H2,1-3H3,(H2,31,32,33,36). The number of hydrogen-bond donors (Lipinski definition) is 2. The summed E-state index contributed by atoms with van der Waals surface area (Å²) >= 11 is 0. The smallest absolute Gasteiger partial charge is 0.324 e. The van der Waals surface area contributed by atoms with Crippen molar-refractivity contribution >= 4 is 33.0 Å². The van der Waals surface area contributed by atoms with Crippen LogP contribution in [0.15, 0.2) is 59.4 Å². The summed E-state index contributed by atoms with van der Waals surface area (Å²) < 4.78 is 36.0. The van der Waals surface area contributed by atoms with E-state index in [0.717, 1.165) is 11.3 Å². The highest BCUT2D eigenvalue weighted by Gasteiger charge is 2.21. The third-order valence-electron chi connectivity index (χ3n) is 6.50. The maximum Gasteiger partial charge on any atom is 0.324 e. The van der Waals surface area contributed by atoms with Crippen LogP contribution in [-0.4, -0.2) is 71.6 Å². The monoisotopic (exact) mass is 576 g/mol. The first kappa shape index (κ1) is 28.2. The van der Waals surface area contributed by atoms with Gasteiger partial charge in [0, 0.05) is 49.1 Å². The van der Waals surface area contributed by atoms with Gasteiger partial charge in [-0.15, -0.1) is 0 Å². The fraction of sp³-hybridized carbons (Fsp3) is 0.345. The summed E-state index contributed by atoms with van der Waals surface area (Å²) in [6.07, 6.45) is 3.55. The maximum absolute atomic E-state index is 12.4. The van der Waals surface area contributed by atoms with Gasteiger partial charge in [-0.25, -0.2) is 18.2 Å². The molecule has 2 N–H and O–H groups in total. The minimum absolute atomic E-state index is 0.210. The molecule has 1 aromatic carbocycles. The zero-order valence-electron chi connectivity index (χ0n) is 23.2. The predicted molar refractivity (Wildman–Crippen MR) is 156 cm³/mol. The first-order chi connectivity index (χ1) is 19.5. The average molecular weight is 577 g/mol. The third-order valence-corrected chi connectivity index (χ3v) is 8.11. The molecule has 0 aliphatic carbocycles. The number of urea groups is 1. The Kier molecular flexibility index (Phi) is 8.01. The summed E-state index contributed by atoms with van der Waals surface area (Å²) in [6.45, 7) is 8.29. The summed E-state index contributed by atoms with van der Waals surface area (Å²) in [5, 5.41) is 9.36. The summed E-state index contributed by atoms with van der Waals surface area (Å²) in [5.74, 6) is 8.36. The van der Waals surface area contributed by atoms with Gasteiger partial charge in [0.15, 0.2) is 15.7 Å². The molecule has 1 aliphatic rings. The second-order valence-electron chi connectivity index (χ2n) is 10.8. The Hall–Kier alpha value is -4.34. The highest BCUT2D eigenvalue weighted by Crippen LogP contribution is 2.24. The second kappa shape index (κ2) is 11.6. The van der Waals surface area contributed by atoms with E-state index in [4.69, 9.17) is 9.26 Å². The van der Waals surface area contributed by atoms with E-state index in [1.165, 1.54) is 0 Å². The molecule has 4 aromatic rings. The Balaban J connectivity index is 1.13.